The van der Waals surface area contributed by atoms with Gasteiger partial charge in [-0.05, 0) is 90.7 Å². The highest BCUT2D eigenvalue weighted by atomic mass is 35.5. The van der Waals surface area contributed by atoms with Crippen LogP contribution < -0.4 is 15.4 Å². The molecule has 286 valence electrons. The number of nitrogens with zero attached hydrogens (tertiary/aromatic N) is 2. The quantitative estimate of drug-likeness (QED) is 0.0637. The molecule has 2 aromatic carbocycles. The third kappa shape index (κ3) is 8.66. The first kappa shape index (κ1) is 38.7. The monoisotopic (exact) mass is 774 g/mol. The number of hydrogen-bond acceptors (Lipinski definition) is 4. The summed E-state index contributed by atoms with van der Waals surface area (Å²) in [4.78, 5) is 14.9. The number of unbranched alkanes of at least 4 members (excludes halogenated alkanes) is 9. The predicted molar refractivity (Wildman–Crippen MR) is 229 cm³/mol. The van der Waals surface area contributed by atoms with E-state index in [1.54, 1.807) is 0 Å². The molecule has 3 aliphatic heterocycles. The van der Waals surface area contributed by atoms with Crippen LogP contribution in [0.1, 0.15) is 107 Å². The van der Waals surface area contributed by atoms with Crippen molar-refractivity contribution in [3.05, 3.63) is 148 Å². The zero-order chi connectivity index (χ0) is 38.1. The summed E-state index contributed by atoms with van der Waals surface area (Å²) in [5.74, 6) is 1.44. The number of aromatic amines is 2. The molecule has 2 unspecified atom stereocenters. The van der Waals surface area contributed by atoms with Crippen molar-refractivity contribution in [3.63, 3.8) is 0 Å². The lowest BCUT2D eigenvalue weighted by Crippen LogP contribution is -2.41. The minimum Gasteiger partial charge on any atom is -0.494 e. The Morgan fingerprint density at radius 3 is 2.15 bits per heavy atom. The standard InChI is InChI=1S/C47H52Cl2N4O2/c1-3-5-6-7-8-9-10-11-12-16-32-54-38-23-19-34(20-24-38)44-39-25-21-36(50-39)33-37-22-28-43(51-37)47(49,35-17-14-13-15-18-35)46(48)30-29-42(53-46)45(55-31-4-2)41-27-26-40(44)52-41/h13-15,17-30,33,50-51H,3-12,16,31-32H2,1-2H3. The highest BCUT2D eigenvalue weighted by molar-refractivity contribution is 6.38. The summed E-state index contributed by atoms with van der Waals surface area (Å²) >= 11 is 15.2. The predicted octanol–water partition coefficient (Wildman–Crippen LogP) is 10.8. The Bertz CT molecular complexity index is 2210. The van der Waals surface area contributed by atoms with Gasteiger partial charge in [0.1, 0.15) is 17.2 Å². The smallest absolute Gasteiger partial charge is 0.182 e. The second-order valence-corrected chi connectivity index (χ2v) is 15.8. The molecule has 8 heteroatoms. The van der Waals surface area contributed by atoms with E-state index in [1.165, 1.54) is 57.8 Å². The van der Waals surface area contributed by atoms with Crippen LogP contribution in [0.3, 0.4) is 0 Å². The molecular weight excluding hydrogens is 723 g/mol. The molecule has 8 bridgehead atoms. The topological polar surface area (TPSA) is 74.8 Å². The maximum absolute atomic E-state index is 7.72. The molecule has 2 atom stereocenters. The van der Waals surface area contributed by atoms with Crippen LogP contribution in [0.4, 0.5) is 0 Å². The first-order valence-electron chi connectivity index (χ1n) is 20.1. The zero-order valence-electron chi connectivity index (χ0n) is 32.1. The van der Waals surface area contributed by atoms with Crippen LogP contribution in [-0.2, 0) is 9.61 Å². The second kappa shape index (κ2) is 18.0. The lowest BCUT2D eigenvalue weighted by molar-refractivity contribution is 0.229. The highest BCUT2D eigenvalue weighted by Gasteiger charge is 2.53. The number of halogens is 2. The van der Waals surface area contributed by atoms with Gasteiger partial charge in [-0.3, -0.25) is 4.99 Å². The van der Waals surface area contributed by atoms with E-state index in [-0.39, 0.29) is 0 Å². The molecule has 6 nitrogen and oxygen atoms in total. The SMILES string of the molecule is CCCCCCCCCCCCOc1ccc(C2=c3ccc([nH]3)=Cc3ccc([nH]3)C(Cl)(c3ccccc3)C3(Cl)C=CC(=N3)C(OCCC)=C3C=CC2=N3)cc1. The molecule has 0 saturated heterocycles. The van der Waals surface area contributed by atoms with Crippen molar-refractivity contribution >= 4 is 46.3 Å². The van der Waals surface area contributed by atoms with Crippen LogP contribution in [0.5, 0.6) is 5.75 Å². The normalized spacial score (nSPS) is 20.1. The Kier molecular flexibility index (Phi) is 12.6. The summed E-state index contributed by atoms with van der Waals surface area (Å²) in [6.07, 6.45) is 23.7. The van der Waals surface area contributed by atoms with E-state index in [9.17, 15) is 0 Å². The largest absolute Gasteiger partial charge is 0.494 e. The van der Waals surface area contributed by atoms with Gasteiger partial charge in [-0.1, -0.05) is 126 Å². The zero-order valence-corrected chi connectivity index (χ0v) is 33.6. The number of hydrogen-bond donors (Lipinski definition) is 2. The van der Waals surface area contributed by atoms with E-state index < -0.39 is 9.87 Å². The molecule has 0 aliphatic carbocycles. The molecule has 4 aromatic rings. The van der Waals surface area contributed by atoms with Gasteiger partial charge in [0.15, 0.2) is 15.6 Å². The van der Waals surface area contributed by atoms with E-state index in [0.717, 1.165) is 69.7 Å². The molecule has 5 heterocycles. The van der Waals surface area contributed by atoms with Crippen molar-refractivity contribution in [1.82, 2.24) is 9.97 Å². The molecule has 7 rings (SSSR count). The van der Waals surface area contributed by atoms with Crippen LogP contribution in [0.2, 0.25) is 0 Å². The Morgan fingerprint density at radius 2 is 1.40 bits per heavy atom. The van der Waals surface area contributed by atoms with Gasteiger partial charge in [0.25, 0.3) is 0 Å². The lowest BCUT2D eigenvalue weighted by Gasteiger charge is -2.36. The number of aromatic nitrogens is 2. The van der Waals surface area contributed by atoms with Crippen molar-refractivity contribution in [2.75, 3.05) is 13.2 Å². The van der Waals surface area contributed by atoms with Crippen molar-refractivity contribution in [2.24, 2.45) is 9.98 Å². The summed E-state index contributed by atoms with van der Waals surface area (Å²) in [5, 5.41) is 1.87. The number of nitrogens with one attached hydrogen (secondary N) is 2. The van der Waals surface area contributed by atoms with E-state index >= 15 is 0 Å². The molecule has 0 saturated carbocycles. The number of fused-ring (bicyclic) bond motifs is 6. The van der Waals surface area contributed by atoms with Gasteiger partial charge < -0.3 is 19.4 Å². The maximum Gasteiger partial charge on any atom is 0.182 e. The van der Waals surface area contributed by atoms with Gasteiger partial charge in [-0.25, -0.2) is 4.99 Å². The summed E-state index contributed by atoms with van der Waals surface area (Å²) in [5.41, 5.74) is 6.49. The lowest BCUT2D eigenvalue weighted by atomic mass is 9.87. The van der Waals surface area contributed by atoms with E-state index in [4.69, 9.17) is 42.7 Å². The summed E-state index contributed by atoms with van der Waals surface area (Å²) in [6, 6.07) is 26.4. The molecule has 0 spiro atoms. The van der Waals surface area contributed by atoms with Gasteiger partial charge in [-0.15, -0.1) is 11.6 Å². The van der Waals surface area contributed by atoms with Crippen LogP contribution in [0.25, 0.3) is 11.6 Å². The maximum atomic E-state index is 7.72. The number of ether oxygens (including phenoxy) is 2. The molecule has 3 aliphatic rings. The number of allylic oxidation sites excluding steroid dienone is 3. The summed E-state index contributed by atoms with van der Waals surface area (Å²) in [6.45, 7) is 5.58. The van der Waals surface area contributed by atoms with Crippen molar-refractivity contribution in [3.8, 4) is 5.75 Å². The van der Waals surface area contributed by atoms with Crippen LogP contribution in [0.15, 0.2) is 125 Å². The van der Waals surface area contributed by atoms with Crippen molar-refractivity contribution in [1.29, 1.82) is 0 Å². The highest BCUT2D eigenvalue weighted by Crippen LogP contribution is 2.52. The van der Waals surface area contributed by atoms with Gasteiger partial charge in [0.05, 0.1) is 18.9 Å². The molecule has 55 heavy (non-hydrogen) atoms. The number of rotatable bonds is 17. The summed E-state index contributed by atoms with van der Waals surface area (Å²) in [7, 11) is 0. The molecular formula is C47H52Cl2N4O2. The average molecular weight is 776 g/mol. The average Bonchev–Trinajstić information content (AvgIpc) is 4.04. The molecule has 0 radical (unpaired) electrons. The fourth-order valence-corrected chi connectivity index (χ4v) is 8.23. The van der Waals surface area contributed by atoms with Crippen molar-refractivity contribution in [2.45, 2.75) is 94.3 Å². The fraction of sp³-hybridized carbons (Fsp3) is 0.362. The van der Waals surface area contributed by atoms with Gasteiger partial charge in [0.2, 0.25) is 0 Å². The van der Waals surface area contributed by atoms with E-state index in [2.05, 4.69) is 66.3 Å². The van der Waals surface area contributed by atoms with Crippen molar-refractivity contribution < 1.29 is 9.47 Å². The van der Waals surface area contributed by atoms with Gasteiger partial charge in [-0.2, -0.15) is 0 Å². The first-order chi connectivity index (χ1) is 26.9. The molecule has 2 aromatic heterocycles. The number of aliphatic imine (C=N–C) groups is 2. The van der Waals surface area contributed by atoms with Crippen LogP contribution in [0, 0.1) is 0 Å². The Hall–Kier alpha value is -4.52. The number of H-pyrrole nitrogens is 2. The van der Waals surface area contributed by atoms with E-state index in [0.29, 0.717) is 23.8 Å². The first-order valence-corrected chi connectivity index (χ1v) is 20.9. The van der Waals surface area contributed by atoms with Crippen LogP contribution in [-0.4, -0.2) is 39.6 Å². The second-order valence-electron chi connectivity index (χ2n) is 14.7. The number of alkyl halides is 2. The third-order valence-corrected chi connectivity index (χ3v) is 11.8. The Balaban J connectivity index is 1.20. The molecule has 0 amide bonds. The Labute approximate surface area is 335 Å². The van der Waals surface area contributed by atoms with Gasteiger partial charge in [0, 0.05) is 27.7 Å². The minimum atomic E-state index is -1.37. The van der Waals surface area contributed by atoms with E-state index in [1.807, 2.05) is 66.8 Å². The van der Waals surface area contributed by atoms with Crippen LogP contribution >= 0.6 is 23.2 Å². The minimum absolute atomic E-state index is 0.497. The number of benzene rings is 2. The van der Waals surface area contributed by atoms with Gasteiger partial charge >= 0.3 is 0 Å². The summed E-state index contributed by atoms with van der Waals surface area (Å²) < 4.78 is 12.6. The third-order valence-electron chi connectivity index (χ3n) is 10.5. The fourth-order valence-electron chi connectivity index (χ4n) is 7.53. The Morgan fingerprint density at radius 1 is 0.655 bits per heavy atom. The molecule has 0 fully saturated rings. The molecule has 2 N–H and O–H groups in total.